The van der Waals surface area contributed by atoms with Gasteiger partial charge in [0, 0.05) is 11.4 Å². The van der Waals surface area contributed by atoms with Crippen LogP contribution in [-0.2, 0) is 9.59 Å². The van der Waals surface area contributed by atoms with Crippen molar-refractivity contribution in [3.05, 3.63) is 82.9 Å². The minimum Gasteiger partial charge on any atom is -0.508 e. The van der Waals surface area contributed by atoms with Gasteiger partial charge in [-0.1, -0.05) is 18.2 Å². The van der Waals surface area contributed by atoms with E-state index in [1.165, 1.54) is 30.3 Å². The van der Waals surface area contributed by atoms with Gasteiger partial charge in [-0.2, -0.15) is 5.26 Å². The number of nitrogens with zero attached hydrogens (tertiary/aromatic N) is 1. The standard InChI is InChI=1S/C28H27N3O5/c1-4-35-26-15-20(14-21(16-29)28(34)30-22-9-11-23(32)12-10-22)8-13-25(26)36-17-27(33)31-24-7-5-6-18(2)19(24)3/h5-15,32H,4,17H2,1-3H3,(H,30,34)(H,31,33)/b21-14+. The molecule has 3 aromatic rings. The highest BCUT2D eigenvalue weighted by atomic mass is 16.5. The molecule has 0 aliphatic carbocycles. The normalized spacial score (nSPS) is 10.8. The molecule has 36 heavy (non-hydrogen) atoms. The molecule has 0 fully saturated rings. The van der Waals surface area contributed by atoms with Crippen LogP contribution in [0.5, 0.6) is 17.2 Å². The summed E-state index contributed by atoms with van der Waals surface area (Å²) in [5.74, 6) is -0.103. The third-order valence-electron chi connectivity index (χ3n) is 5.31. The van der Waals surface area contributed by atoms with Crippen molar-refractivity contribution in [1.29, 1.82) is 5.26 Å². The monoisotopic (exact) mass is 485 g/mol. The Hall–Kier alpha value is -4.77. The lowest BCUT2D eigenvalue weighted by molar-refractivity contribution is -0.118. The number of ether oxygens (including phenoxy) is 2. The van der Waals surface area contributed by atoms with Crippen molar-refractivity contribution in [2.75, 3.05) is 23.8 Å². The van der Waals surface area contributed by atoms with Crippen LogP contribution < -0.4 is 20.1 Å². The predicted octanol–water partition coefficient (Wildman–Crippen LogP) is 4.97. The zero-order valence-corrected chi connectivity index (χ0v) is 20.3. The Morgan fingerprint density at radius 2 is 1.75 bits per heavy atom. The van der Waals surface area contributed by atoms with Crippen LogP contribution in [0.2, 0.25) is 0 Å². The quantitative estimate of drug-likeness (QED) is 0.224. The van der Waals surface area contributed by atoms with E-state index >= 15 is 0 Å². The number of rotatable bonds is 9. The molecule has 0 spiro atoms. The predicted molar refractivity (Wildman–Crippen MR) is 138 cm³/mol. The number of nitriles is 1. The van der Waals surface area contributed by atoms with Gasteiger partial charge in [-0.25, -0.2) is 0 Å². The van der Waals surface area contributed by atoms with Crippen LogP contribution in [0.4, 0.5) is 11.4 Å². The summed E-state index contributed by atoms with van der Waals surface area (Å²) in [6.45, 7) is 5.85. The second-order valence-corrected chi connectivity index (χ2v) is 7.89. The van der Waals surface area contributed by atoms with Gasteiger partial charge in [0.15, 0.2) is 18.1 Å². The van der Waals surface area contributed by atoms with E-state index in [0.717, 1.165) is 16.8 Å². The molecule has 0 saturated heterocycles. The Morgan fingerprint density at radius 1 is 1.00 bits per heavy atom. The molecule has 0 aromatic heterocycles. The molecule has 0 radical (unpaired) electrons. The molecule has 0 unspecified atom stereocenters. The number of aromatic hydroxyl groups is 1. The summed E-state index contributed by atoms with van der Waals surface area (Å²) < 4.78 is 11.3. The average Bonchev–Trinajstić information content (AvgIpc) is 2.86. The summed E-state index contributed by atoms with van der Waals surface area (Å²) in [4.78, 5) is 25.0. The molecule has 0 atom stereocenters. The van der Waals surface area contributed by atoms with Gasteiger partial charge >= 0.3 is 0 Å². The highest BCUT2D eigenvalue weighted by Crippen LogP contribution is 2.30. The number of phenols is 1. The summed E-state index contributed by atoms with van der Waals surface area (Å²) >= 11 is 0. The Balaban J connectivity index is 1.71. The summed E-state index contributed by atoms with van der Waals surface area (Å²) in [5, 5.41) is 24.3. The lowest BCUT2D eigenvalue weighted by Crippen LogP contribution is -2.21. The van der Waals surface area contributed by atoms with E-state index in [1.807, 2.05) is 45.0 Å². The summed E-state index contributed by atoms with van der Waals surface area (Å²) in [6, 6.07) is 18.4. The van der Waals surface area contributed by atoms with E-state index in [2.05, 4.69) is 10.6 Å². The number of hydrogen-bond donors (Lipinski definition) is 3. The largest absolute Gasteiger partial charge is 0.508 e. The Bertz CT molecular complexity index is 1320. The van der Waals surface area contributed by atoms with E-state index in [9.17, 15) is 20.0 Å². The molecule has 2 amide bonds. The van der Waals surface area contributed by atoms with Crippen molar-refractivity contribution in [2.45, 2.75) is 20.8 Å². The fraction of sp³-hybridized carbons (Fsp3) is 0.179. The van der Waals surface area contributed by atoms with Gasteiger partial charge in [-0.05, 0) is 86.0 Å². The molecule has 0 aliphatic rings. The van der Waals surface area contributed by atoms with Crippen molar-refractivity contribution in [3.8, 4) is 23.3 Å². The van der Waals surface area contributed by atoms with Gasteiger partial charge in [0.2, 0.25) is 0 Å². The number of amides is 2. The van der Waals surface area contributed by atoms with Gasteiger partial charge in [-0.3, -0.25) is 9.59 Å². The van der Waals surface area contributed by atoms with E-state index in [0.29, 0.717) is 29.4 Å². The van der Waals surface area contributed by atoms with Crippen LogP contribution in [0.15, 0.2) is 66.2 Å². The molecule has 3 rings (SSSR count). The third kappa shape index (κ3) is 6.87. The van der Waals surface area contributed by atoms with Crippen LogP contribution in [0, 0.1) is 25.2 Å². The molecule has 8 heteroatoms. The fourth-order valence-corrected chi connectivity index (χ4v) is 3.28. The van der Waals surface area contributed by atoms with Crippen molar-refractivity contribution in [1.82, 2.24) is 0 Å². The van der Waals surface area contributed by atoms with Crippen molar-refractivity contribution >= 4 is 29.3 Å². The number of nitrogens with one attached hydrogen (secondary N) is 2. The number of benzene rings is 3. The SMILES string of the molecule is CCOc1cc(/C=C(\C#N)C(=O)Nc2ccc(O)cc2)ccc1OCC(=O)Nc1cccc(C)c1C. The lowest BCUT2D eigenvalue weighted by Gasteiger charge is -2.14. The highest BCUT2D eigenvalue weighted by molar-refractivity contribution is 6.09. The van der Waals surface area contributed by atoms with Crippen LogP contribution in [0.1, 0.15) is 23.6 Å². The van der Waals surface area contributed by atoms with Gasteiger partial charge in [0.05, 0.1) is 6.61 Å². The molecule has 8 nitrogen and oxygen atoms in total. The third-order valence-corrected chi connectivity index (χ3v) is 5.31. The zero-order valence-electron chi connectivity index (χ0n) is 20.3. The highest BCUT2D eigenvalue weighted by Gasteiger charge is 2.13. The molecule has 0 aliphatic heterocycles. The number of carbonyl (C=O) groups excluding carboxylic acids is 2. The minimum atomic E-state index is -0.593. The summed E-state index contributed by atoms with van der Waals surface area (Å²) in [6.07, 6.45) is 1.43. The summed E-state index contributed by atoms with van der Waals surface area (Å²) in [5.41, 5.74) is 3.65. The van der Waals surface area contributed by atoms with E-state index < -0.39 is 5.91 Å². The van der Waals surface area contributed by atoms with Gasteiger partial charge in [-0.15, -0.1) is 0 Å². The molecule has 3 aromatic carbocycles. The number of phenolic OH excluding ortho intramolecular Hbond substituents is 1. The number of anilines is 2. The van der Waals surface area contributed by atoms with Crippen LogP contribution >= 0.6 is 0 Å². The first-order chi connectivity index (χ1) is 17.3. The number of hydrogen-bond acceptors (Lipinski definition) is 6. The molecule has 0 heterocycles. The van der Waals surface area contributed by atoms with Crippen molar-refractivity contribution in [3.63, 3.8) is 0 Å². The van der Waals surface area contributed by atoms with Crippen molar-refractivity contribution < 1.29 is 24.2 Å². The summed E-state index contributed by atoms with van der Waals surface area (Å²) in [7, 11) is 0. The molecular weight excluding hydrogens is 458 g/mol. The topological polar surface area (TPSA) is 121 Å². The smallest absolute Gasteiger partial charge is 0.266 e. The number of carbonyl (C=O) groups is 2. The molecule has 0 saturated carbocycles. The zero-order chi connectivity index (χ0) is 26.1. The second-order valence-electron chi connectivity index (χ2n) is 7.89. The van der Waals surface area contributed by atoms with E-state index in [4.69, 9.17) is 9.47 Å². The lowest BCUT2D eigenvalue weighted by atomic mass is 10.1. The first-order valence-electron chi connectivity index (χ1n) is 11.3. The van der Waals surface area contributed by atoms with E-state index in [-0.39, 0.29) is 23.8 Å². The Kier molecular flexibility index (Phi) is 8.68. The first-order valence-corrected chi connectivity index (χ1v) is 11.3. The first kappa shape index (κ1) is 25.8. The van der Waals surface area contributed by atoms with Crippen molar-refractivity contribution in [2.24, 2.45) is 0 Å². The Morgan fingerprint density at radius 3 is 2.44 bits per heavy atom. The fourth-order valence-electron chi connectivity index (χ4n) is 3.28. The minimum absolute atomic E-state index is 0.0672. The van der Waals surface area contributed by atoms with Gasteiger partial charge in [0.1, 0.15) is 17.4 Å². The van der Waals surface area contributed by atoms with Crippen LogP contribution in [0.25, 0.3) is 6.08 Å². The second kappa shape index (κ2) is 12.1. The molecule has 184 valence electrons. The molecular formula is C28H27N3O5. The van der Waals surface area contributed by atoms with Crippen LogP contribution in [-0.4, -0.2) is 30.1 Å². The maximum Gasteiger partial charge on any atom is 0.266 e. The Labute approximate surface area is 209 Å². The van der Waals surface area contributed by atoms with E-state index in [1.54, 1.807) is 18.2 Å². The van der Waals surface area contributed by atoms with Gasteiger partial charge in [0.25, 0.3) is 11.8 Å². The molecule has 0 bridgehead atoms. The molecule has 3 N–H and O–H groups in total. The van der Waals surface area contributed by atoms with Gasteiger partial charge < -0.3 is 25.2 Å². The van der Waals surface area contributed by atoms with Crippen LogP contribution in [0.3, 0.4) is 0 Å². The maximum atomic E-state index is 12.5. The maximum absolute atomic E-state index is 12.5. The average molecular weight is 486 g/mol. The number of aryl methyl sites for hydroxylation is 1.